The van der Waals surface area contributed by atoms with Crippen LogP contribution < -0.4 is 5.73 Å². The van der Waals surface area contributed by atoms with Crippen LogP contribution >= 0.6 is 15.9 Å². The minimum absolute atomic E-state index is 0.600. The highest BCUT2D eigenvalue weighted by Gasteiger charge is 2.09. The summed E-state index contributed by atoms with van der Waals surface area (Å²) in [4.78, 5) is 0. The van der Waals surface area contributed by atoms with Gasteiger partial charge in [-0.3, -0.25) is 0 Å². The molecular formula is C16H11BrN4. The normalized spacial score (nSPS) is 10.3. The maximum atomic E-state index is 8.83. The average molecular weight is 339 g/mol. The van der Waals surface area contributed by atoms with Gasteiger partial charge in [-0.1, -0.05) is 28.1 Å². The molecule has 1 aromatic heterocycles. The zero-order chi connectivity index (χ0) is 14.8. The van der Waals surface area contributed by atoms with Crippen LogP contribution in [0.4, 0.5) is 5.69 Å². The molecule has 0 atom stereocenters. The third kappa shape index (κ3) is 2.67. The Morgan fingerprint density at radius 2 is 1.71 bits per heavy atom. The summed E-state index contributed by atoms with van der Waals surface area (Å²) in [5.74, 6) is 0. The minimum atomic E-state index is 0.600. The Morgan fingerprint density at radius 1 is 1.05 bits per heavy atom. The van der Waals surface area contributed by atoms with E-state index in [0.717, 1.165) is 15.7 Å². The highest BCUT2D eigenvalue weighted by atomic mass is 79.9. The van der Waals surface area contributed by atoms with Crippen molar-refractivity contribution in [3.8, 4) is 23.0 Å². The van der Waals surface area contributed by atoms with Crippen LogP contribution in [0.2, 0.25) is 0 Å². The van der Waals surface area contributed by atoms with Gasteiger partial charge in [-0.25, -0.2) is 4.68 Å². The number of nitrogens with two attached hydrogens (primary N) is 1. The quantitative estimate of drug-likeness (QED) is 0.773. The molecule has 0 radical (unpaired) electrons. The van der Waals surface area contributed by atoms with Crippen molar-refractivity contribution in [3.05, 3.63) is 64.8 Å². The van der Waals surface area contributed by atoms with E-state index in [-0.39, 0.29) is 0 Å². The number of hydrogen-bond acceptors (Lipinski definition) is 3. The van der Waals surface area contributed by atoms with Crippen molar-refractivity contribution >= 4 is 21.6 Å². The Bertz CT molecular complexity index is 811. The van der Waals surface area contributed by atoms with Gasteiger partial charge in [0.25, 0.3) is 0 Å². The van der Waals surface area contributed by atoms with Crippen molar-refractivity contribution in [3.63, 3.8) is 0 Å². The molecule has 0 aliphatic heterocycles. The summed E-state index contributed by atoms with van der Waals surface area (Å²) in [6.45, 7) is 0. The lowest BCUT2D eigenvalue weighted by Gasteiger charge is -2.01. The Hall–Kier alpha value is -2.58. The fourth-order valence-electron chi connectivity index (χ4n) is 2.04. The van der Waals surface area contributed by atoms with E-state index in [9.17, 15) is 0 Å². The lowest BCUT2D eigenvalue weighted by molar-refractivity contribution is 0.884. The first-order chi connectivity index (χ1) is 10.2. The monoisotopic (exact) mass is 338 g/mol. The summed E-state index contributed by atoms with van der Waals surface area (Å²) in [5, 5.41) is 13.4. The number of benzene rings is 2. The molecule has 0 aliphatic rings. The standard InChI is InChI=1S/C16H11BrN4/c17-13-5-7-14(8-6-13)21-10-15(19)16(20-21)12-3-1-11(9-18)2-4-12/h1-8,10H,19H2. The summed E-state index contributed by atoms with van der Waals surface area (Å²) in [5.41, 5.74) is 9.81. The van der Waals surface area contributed by atoms with Gasteiger partial charge in [-0.15, -0.1) is 0 Å². The molecule has 0 unspecified atom stereocenters. The predicted octanol–water partition coefficient (Wildman–Crippen LogP) is 3.76. The topological polar surface area (TPSA) is 67.6 Å². The first kappa shape index (κ1) is 13.4. The van der Waals surface area contributed by atoms with Crippen molar-refractivity contribution in [2.45, 2.75) is 0 Å². The molecule has 0 saturated heterocycles. The zero-order valence-corrected chi connectivity index (χ0v) is 12.6. The highest BCUT2D eigenvalue weighted by molar-refractivity contribution is 9.10. The Balaban J connectivity index is 2.01. The minimum Gasteiger partial charge on any atom is -0.396 e. The second kappa shape index (κ2) is 5.43. The number of nitrogen functional groups attached to an aromatic ring is 1. The lowest BCUT2D eigenvalue weighted by Crippen LogP contribution is -1.94. The number of halogens is 1. The smallest absolute Gasteiger partial charge is 0.116 e. The number of aromatic nitrogens is 2. The summed E-state index contributed by atoms with van der Waals surface area (Å²) in [6.07, 6.45) is 1.79. The molecule has 1 heterocycles. The summed E-state index contributed by atoms with van der Waals surface area (Å²) in [6, 6.07) is 17.1. The van der Waals surface area contributed by atoms with E-state index in [1.165, 1.54) is 0 Å². The fourth-order valence-corrected chi connectivity index (χ4v) is 2.30. The molecule has 2 aromatic carbocycles. The number of nitriles is 1. The molecule has 0 fully saturated rings. The SMILES string of the molecule is N#Cc1ccc(-c2nn(-c3ccc(Br)cc3)cc2N)cc1. The van der Waals surface area contributed by atoms with E-state index in [1.807, 2.05) is 36.4 Å². The molecule has 21 heavy (non-hydrogen) atoms. The Morgan fingerprint density at radius 3 is 2.33 bits per heavy atom. The zero-order valence-electron chi connectivity index (χ0n) is 11.0. The summed E-state index contributed by atoms with van der Waals surface area (Å²) in [7, 11) is 0. The molecule has 0 bridgehead atoms. The van der Waals surface area contributed by atoms with Gasteiger partial charge < -0.3 is 5.73 Å². The van der Waals surface area contributed by atoms with Crippen LogP contribution in [0.5, 0.6) is 0 Å². The first-order valence-corrected chi connectivity index (χ1v) is 7.08. The van der Waals surface area contributed by atoms with Gasteiger partial charge in [0.1, 0.15) is 5.69 Å². The average Bonchev–Trinajstić information content (AvgIpc) is 2.90. The van der Waals surface area contributed by atoms with Crippen molar-refractivity contribution in [2.75, 3.05) is 5.73 Å². The van der Waals surface area contributed by atoms with E-state index in [4.69, 9.17) is 11.0 Å². The molecule has 5 heteroatoms. The van der Waals surface area contributed by atoms with Crippen molar-refractivity contribution in [1.82, 2.24) is 9.78 Å². The third-order valence-electron chi connectivity index (χ3n) is 3.12. The van der Waals surface area contributed by atoms with Crippen molar-refractivity contribution < 1.29 is 0 Å². The van der Waals surface area contributed by atoms with Crippen LogP contribution in [0.3, 0.4) is 0 Å². The highest BCUT2D eigenvalue weighted by Crippen LogP contribution is 2.26. The second-order valence-corrected chi connectivity index (χ2v) is 5.46. The second-order valence-electron chi connectivity index (χ2n) is 4.54. The molecule has 0 aliphatic carbocycles. The predicted molar refractivity (Wildman–Crippen MR) is 85.8 cm³/mol. The molecule has 0 amide bonds. The first-order valence-electron chi connectivity index (χ1n) is 6.29. The van der Waals surface area contributed by atoms with Crippen molar-refractivity contribution in [2.24, 2.45) is 0 Å². The van der Waals surface area contributed by atoms with Crippen LogP contribution in [0, 0.1) is 11.3 Å². The maximum absolute atomic E-state index is 8.83. The van der Waals surface area contributed by atoms with Crippen LogP contribution in [0.25, 0.3) is 16.9 Å². The molecule has 4 nitrogen and oxygen atoms in total. The van der Waals surface area contributed by atoms with Gasteiger partial charge in [0.15, 0.2) is 0 Å². The van der Waals surface area contributed by atoms with Gasteiger partial charge >= 0.3 is 0 Å². The molecule has 3 rings (SSSR count). The van der Waals surface area contributed by atoms with E-state index in [1.54, 1.807) is 23.0 Å². The molecule has 102 valence electrons. The van der Waals surface area contributed by atoms with E-state index < -0.39 is 0 Å². The van der Waals surface area contributed by atoms with Gasteiger partial charge in [0.05, 0.1) is 29.2 Å². The Labute approximate surface area is 130 Å². The number of nitrogens with zero attached hydrogens (tertiary/aromatic N) is 3. The fraction of sp³-hybridized carbons (Fsp3) is 0. The van der Waals surface area contributed by atoms with Crippen LogP contribution in [0.1, 0.15) is 5.56 Å². The molecule has 3 aromatic rings. The Kier molecular flexibility index (Phi) is 3.46. The van der Waals surface area contributed by atoms with E-state index >= 15 is 0 Å². The van der Waals surface area contributed by atoms with Gasteiger partial charge in [-0.2, -0.15) is 10.4 Å². The van der Waals surface area contributed by atoms with Crippen molar-refractivity contribution in [1.29, 1.82) is 5.26 Å². The number of anilines is 1. The summed E-state index contributed by atoms with van der Waals surface area (Å²) < 4.78 is 2.76. The number of rotatable bonds is 2. The summed E-state index contributed by atoms with van der Waals surface area (Å²) >= 11 is 3.41. The molecule has 2 N–H and O–H groups in total. The van der Waals surface area contributed by atoms with E-state index in [2.05, 4.69) is 27.1 Å². The third-order valence-corrected chi connectivity index (χ3v) is 3.65. The largest absolute Gasteiger partial charge is 0.396 e. The number of hydrogen-bond donors (Lipinski definition) is 1. The van der Waals surface area contributed by atoms with Gasteiger partial charge in [-0.05, 0) is 36.4 Å². The lowest BCUT2D eigenvalue weighted by atomic mass is 10.1. The maximum Gasteiger partial charge on any atom is 0.116 e. The van der Waals surface area contributed by atoms with Crippen LogP contribution in [-0.2, 0) is 0 Å². The van der Waals surface area contributed by atoms with Crippen LogP contribution in [-0.4, -0.2) is 9.78 Å². The van der Waals surface area contributed by atoms with Gasteiger partial charge in [0.2, 0.25) is 0 Å². The van der Waals surface area contributed by atoms with Gasteiger partial charge in [0, 0.05) is 10.0 Å². The molecule has 0 saturated carbocycles. The molecular weight excluding hydrogens is 328 g/mol. The van der Waals surface area contributed by atoms with Crippen LogP contribution in [0.15, 0.2) is 59.2 Å². The van der Waals surface area contributed by atoms with E-state index in [0.29, 0.717) is 16.9 Å². The molecule has 0 spiro atoms.